The van der Waals surface area contributed by atoms with E-state index in [1.165, 1.54) is 0 Å². The Hall–Kier alpha value is -2.70. The smallest absolute Gasteiger partial charge is 0.225 e. The number of H-pyrrole nitrogens is 1. The van der Waals surface area contributed by atoms with Crippen molar-refractivity contribution in [3.63, 3.8) is 0 Å². The number of aromatic amines is 1. The molecule has 0 aromatic carbocycles. The highest BCUT2D eigenvalue weighted by Gasteiger charge is 2.34. The quantitative estimate of drug-likeness (QED) is 0.860. The predicted octanol–water partition coefficient (Wildman–Crippen LogP) is 1.09. The van der Waals surface area contributed by atoms with Crippen LogP contribution in [0.1, 0.15) is 28.9 Å². The molecule has 1 aliphatic rings. The number of amides is 2. The Morgan fingerprint density at radius 3 is 2.79 bits per heavy atom. The molecule has 2 aromatic heterocycles. The van der Waals surface area contributed by atoms with Crippen LogP contribution in [0.4, 0.5) is 0 Å². The normalized spacial score (nSPS) is 17.3. The van der Waals surface area contributed by atoms with Gasteiger partial charge in [-0.15, -0.1) is 0 Å². The van der Waals surface area contributed by atoms with Crippen molar-refractivity contribution >= 4 is 11.8 Å². The first kappa shape index (κ1) is 16.2. The second-order valence-electron chi connectivity index (χ2n) is 6.16. The molecule has 7 heteroatoms. The number of carbonyl (C=O) groups is 2. The van der Waals surface area contributed by atoms with Gasteiger partial charge in [0.1, 0.15) is 0 Å². The molecule has 2 N–H and O–H groups in total. The number of likely N-dealkylation sites (tertiary alicyclic amines) is 1. The molecule has 0 spiro atoms. The first-order chi connectivity index (χ1) is 11.5. The van der Waals surface area contributed by atoms with E-state index in [4.69, 9.17) is 0 Å². The van der Waals surface area contributed by atoms with Gasteiger partial charge in [-0.3, -0.25) is 19.7 Å². The van der Waals surface area contributed by atoms with E-state index in [0.29, 0.717) is 19.6 Å². The van der Waals surface area contributed by atoms with Gasteiger partial charge in [-0.05, 0) is 31.5 Å². The number of hydrogen-bond donors (Lipinski definition) is 2. The average molecular weight is 327 g/mol. The van der Waals surface area contributed by atoms with Gasteiger partial charge < -0.3 is 10.2 Å². The summed E-state index contributed by atoms with van der Waals surface area (Å²) in [5, 5.41) is 9.95. The molecule has 7 nitrogen and oxygen atoms in total. The van der Waals surface area contributed by atoms with Crippen LogP contribution in [0, 0.1) is 19.8 Å². The van der Waals surface area contributed by atoms with Crippen molar-refractivity contribution in [2.24, 2.45) is 5.92 Å². The van der Waals surface area contributed by atoms with Crippen molar-refractivity contribution < 1.29 is 9.59 Å². The third-order valence-electron chi connectivity index (χ3n) is 4.43. The maximum absolute atomic E-state index is 12.4. The largest absolute Gasteiger partial charge is 0.352 e. The van der Waals surface area contributed by atoms with Crippen LogP contribution in [-0.4, -0.2) is 38.4 Å². The SMILES string of the molecule is Cc1n[nH]c(C)c1CNC(=O)[C@H]1CC(=O)N(Cc2ccncc2)C1. The average Bonchev–Trinajstić information content (AvgIpc) is 3.09. The lowest BCUT2D eigenvalue weighted by atomic mass is 10.1. The molecule has 0 aliphatic carbocycles. The van der Waals surface area contributed by atoms with Crippen LogP contribution >= 0.6 is 0 Å². The number of carbonyl (C=O) groups excluding carboxylic acids is 2. The second kappa shape index (κ2) is 6.82. The Morgan fingerprint density at radius 1 is 1.38 bits per heavy atom. The maximum atomic E-state index is 12.4. The summed E-state index contributed by atoms with van der Waals surface area (Å²) < 4.78 is 0. The fourth-order valence-corrected chi connectivity index (χ4v) is 2.96. The van der Waals surface area contributed by atoms with Crippen LogP contribution in [0.2, 0.25) is 0 Å². The van der Waals surface area contributed by atoms with Gasteiger partial charge in [-0.25, -0.2) is 0 Å². The molecule has 0 radical (unpaired) electrons. The first-order valence-corrected chi connectivity index (χ1v) is 7.99. The summed E-state index contributed by atoms with van der Waals surface area (Å²) in [5.74, 6) is -0.366. The maximum Gasteiger partial charge on any atom is 0.225 e. The topological polar surface area (TPSA) is 91.0 Å². The molecule has 3 heterocycles. The lowest BCUT2D eigenvalue weighted by Gasteiger charge is -2.16. The van der Waals surface area contributed by atoms with E-state index < -0.39 is 0 Å². The van der Waals surface area contributed by atoms with E-state index in [0.717, 1.165) is 22.5 Å². The molecule has 1 fully saturated rings. The van der Waals surface area contributed by atoms with E-state index in [1.54, 1.807) is 17.3 Å². The van der Waals surface area contributed by atoms with Crippen molar-refractivity contribution in [3.8, 4) is 0 Å². The minimum atomic E-state index is -0.299. The summed E-state index contributed by atoms with van der Waals surface area (Å²) in [5.41, 5.74) is 3.86. The zero-order valence-corrected chi connectivity index (χ0v) is 13.9. The molecule has 3 rings (SSSR count). The molecule has 2 amide bonds. The van der Waals surface area contributed by atoms with Gasteiger partial charge in [0.25, 0.3) is 0 Å². The van der Waals surface area contributed by atoms with E-state index in [2.05, 4.69) is 20.5 Å². The number of aromatic nitrogens is 3. The third kappa shape index (κ3) is 3.45. The zero-order chi connectivity index (χ0) is 17.1. The second-order valence-corrected chi connectivity index (χ2v) is 6.16. The van der Waals surface area contributed by atoms with Gasteiger partial charge >= 0.3 is 0 Å². The summed E-state index contributed by atoms with van der Waals surface area (Å²) in [6, 6.07) is 3.76. The first-order valence-electron chi connectivity index (χ1n) is 7.99. The minimum Gasteiger partial charge on any atom is -0.352 e. The number of nitrogens with zero attached hydrogens (tertiary/aromatic N) is 3. The summed E-state index contributed by atoms with van der Waals surface area (Å²) in [6.45, 7) is 5.24. The Labute approximate surface area is 140 Å². The Kier molecular flexibility index (Phi) is 4.59. The summed E-state index contributed by atoms with van der Waals surface area (Å²) in [6.07, 6.45) is 3.67. The summed E-state index contributed by atoms with van der Waals surface area (Å²) in [7, 11) is 0. The Bertz CT molecular complexity index is 721. The van der Waals surface area contributed by atoms with Gasteiger partial charge in [0.15, 0.2) is 0 Å². The van der Waals surface area contributed by atoms with Crippen LogP contribution in [0.5, 0.6) is 0 Å². The molecule has 1 atom stereocenters. The lowest BCUT2D eigenvalue weighted by Crippen LogP contribution is -2.32. The molecular formula is C17H21N5O2. The van der Waals surface area contributed by atoms with Gasteiger partial charge in [-0.2, -0.15) is 5.10 Å². The molecule has 0 bridgehead atoms. The third-order valence-corrected chi connectivity index (χ3v) is 4.43. The minimum absolute atomic E-state index is 0.0163. The van der Waals surface area contributed by atoms with Crippen LogP contribution < -0.4 is 5.32 Å². The molecule has 126 valence electrons. The number of rotatable bonds is 5. The van der Waals surface area contributed by atoms with Crippen LogP contribution in [0.25, 0.3) is 0 Å². The van der Waals surface area contributed by atoms with Crippen molar-refractivity contribution in [2.75, 3.05) is 6.54 Å². The van der Waals surface area contributed by atoms with Gasteiger partial charge in [0.2, 0.25) is 11.8 Å². The summed E-state index contributed by atoms with van der Waals surface area (Å²) in [4.78, 5) is 30.2. The van der Waals surface area contributed by atoms with Crippen LogP contribution in [-0.2, 0) is 22.7 Å². The molecule has 0 unspecified atom stereocenters. The Balaban J connectivity index is 1.56. The van der Waals surface area contributed by atoms with Crippen molar-refractivity contribution in [1.29, 1.82) is 0 Å². The highest BCUT2D eigenvalue weighted by molar-refractivity contribution is 5.89. The number of nitrogens with one attached hydrogen (secondary N) is 2. The van der Waals surface area contributed by atoms with Crippen molar-refractivity contribution in [1.82, 2.24) is 25.4 Å². The molecule has 1 saturated heterocycles. The summed E-state index contributed by atoms with van der Waals surface area (Å²) >= 11 is 0. The molecule has 0 saturated carbocycles. The molecule has 1 aliphatic heterocycles. The standard InChI is InChI=1S/C17H21N5O2/c1-11-15(12(2)21-20-11)8-19-17(24)14-7-16(23)22(10-14)9-13-3-5-18-6-4-13/h3-6,14H,7-10H2,1-2H3,(H,19,24)(H,20,21)/t14-/m0/s1. The molecule has 24 heavy (non-hydrogen) atoms. The lowest BCUT2D eigenvalue weighted by molar-refractivity contribution is -0.129. The molecular weight excluding hydrogens is 306 g/mol. The number of pyridine rings is 1. The van der Waals surface area contributed by atoms with Gasteiger partial charge in [0, 0.05) is 49.7 Å². The fraction of sp³-hybridized carbons (Fsp3) is 0.412. The van der Waals surface area contributed by atoms with Crippen LogP contribution in [0.3, 0.4) is 0 Å². The van der Waals surface area contributed by atoms with Crippen molar-refractivity contribution in [2.45, 2.75) is 33.4 Å². The predicted molar refractivity (Wildman–Crippen MR) is 87.7 cm³/mol. The molecule has 2 aromatic rings. The fourth-order valence-electron chi connectivity index (χ4n) is 2.96. The number of hydrogen-bond acceptors (Lipinski definition) is 4. The van der Waals surface area contributed by atoms with Gasteiger partial charge in [-0.1, -0.05) is 0 Å². The van der Waals surface area contributed by atoms with Gasteiger partial charge in [0.05, 0.1) is 11.6 Å². The van der Waals surface area contributed by atoms with E-state index >= 15 is 0 Å². The van der Waals surface area contributed by atoms with E-state index in [9.17, 15) is 9.59 Å². The highest BCUT2D eigenvalue weighted by Crippen LogP contribution is 2.20. The van der Waals surface area contributed by atoms with E-state index in [-0.39, 0.29) is 24.2 Å². The highest BCUT2D eigenvalue weighted by atomic mass is 16.2. The zero-order valence-electron chi connectivity index (χ0n) is 13.9. The number of aryl methyl sites for hydroxylation is 2. The van der Waals surface area contributed by atoms with E-state index in [1.807, 2.05) is 26.0 Å². The monoisotopic (exact) mass is 327 g/mol. The van der Waals surface area contributed by atoms with Crippen molar-refractivity contribution in [3.05, 3.63) is 47.0 Å². The van der Waals surface area contributed by atoms with Crippen LogP contribution in [0.15, 0.2) is 24.5 Å². The Morgan fingerprint density at radius 2 is 2.12 bits per heavy atom.